The molecule has 0 aliphatic carbocycles. The standard InChI is InChI=1S/C12H12N8/c13-19-11-16-10(15-9-4-2-1-3-5-9)17-12(18-11)20-7-6-14-8-20/h1-8H,13H2,(H2,15,16,17,18,19). The van der Waals surface area contributed by atoms with E-state index < -0.39 is 0 Å². The van der Waals surface area contributed by atoms with Gasteiger partial charge in [0.1, 0.15) is 6.33 Å². The average Bonchev–Trinajstić information content (AvgIpc) is 3.02. The van der Waals surface area contributed by atoms with Gasteiger partial charge in [-0.2, -0.15) is 15.0 Å². The lowest BCUT2D eigenvalue weighted by Gasteiger charge is -2.08. The Morgan fingerprint density at radius 3 is 2.50 bits per heavy atom. The maximum absolute atomic E-state index is 5.38. The fraction of sp³-hybridized carbons (Fsp3) is 0. The molecule has 0 aliphatic rings. The van der Waals surface area contributed by atoms with Crippen LogP contribution in [0.2, 0.25) is 0 Å². The molecule has 0 unspecified atom stereocenters. The topological polar surface area (TPSA) is 107 Å². The first-order chi connectivity index (χ1) is 9.85. The van der Waals surface area contributed by atoms with E-state index in [1.807, 2.05) is 30.3 Å². The minimum atomic E-state index is 0.266. The number of nitrogens with two attached hydrogens (primary N) is 1. The number of anilines is 3. The Bertz CT molecular complexity index is 680. The average molecular weight is 268 g/mol. The number of hydrogen-bond donors (Lipinski definition) is 3. The molecule has 100 valence electrons. The van der Waals surface area contributed by atoms with Gasteiger partial charge >= 0.3 is 0 Å². The van der Waals surface area contributed by atoms with Gasteiger partial charge in [0.25, 0.3) is 0 Å². The lowest BCUT2D eigenvalue weighted by Crippen LogP contribution is -2.14. The Labute approximate surface area is 114 Å². The molecule has 0 amide bonds. The van der Waals surface area contributed by atoms with Gasteiger partial charge in [0.2, 0.25) is 17.8 Å². The van der Waals surface area contributed by atoms with Crippen molar-refractivity contribution in [1.82, 2.24) is 24.5 Å². The number of hydrogen-bond acceptors (Lipinski definition) is 7. The van der Waals surface area contributed by atoms with Crippen LogP contribution in [0.15, 0.2) is 49.1 Å². The van der Waals surface area contributed by atoms with Gasteiger partial charge in [-0.05, 0) is 12.1 Å². The largest absolute Gasteiger partial charge is 0.324 e. The third kappa shape index (κ3) is 2.54. The molecule has 0 aliphatic heterocycles. The lowest BCUT2D eigenvalue weighted by atomic mass is 10.3. The van der Waals surface area contributed by atoms with Gasteiger partial charge < -0.3 is 5.32 Å². The first kappa shape index (κ1) is 12.1. The number of nitrogens with zero attached hydrogens (tertiary/aromatic N) is 5. The molecular weight excluding hydrogens is 256 g/mol. The van der Waals surface area contributed by atoms with E-state index in [9.17, 15) is 0 Å². The highest BCUT2D eigenvalue weighted by Gasteiger charge is 2.07. The normalized spacial score (nSPS) is 10.2. The van der Waals surface area contributed by atoms with Crippen LogP contribution in [0.4, 0.5) is 17.6 Å². The quantitative estimate of drug-likeness (QED) is 0.480. The van der Waals surface area contributed by atoms with Gasteiger partial charge in [-0.15, -0.1) is 0 Å². The molecule has 0 fully saturated rings. The van der Waals surface area contributed by atoms with Crippen LogP contribution in [-0.2, 0) is 0 Å². The van der Waals surface area contributed by atoms with Crippen molar-refractivity contribution in [1.29, 1.82) is 0 Å². The molecule has 8 heteroatoms. The Hall–Kier alpha value is -3.00. The van der Waals surface area contributed by atoms with Gasteiger partial charge in [-0.1, -0.05) is 18.2 Å². The molecular formula is C12H12N8. The number of nitrogens with one attached hydrogen (secondary N) is 2. The van der Waals surface area contributed by atoms with E-state index in [-0.39, 0.29) is 5.95 Å². The fourth-order valence-electron chi connectivity index (χ4n) is 1.63. The summed E-state index contributed by atoms with van der Waals surface area (Å²) in [5.41, 5.74) is 3.29. The Balaban J connectivity index is 1.96. The van der Waals surface area contributed by atoms with Crippen LogP contribution >= 0.6 is 0 Å². The zero-order valence-corrected chi connectivity index (χ0v) is 10.4. The van der Waals surface area contributed by atoms with E-state index in [4.69, 9.17) is 5.84 Å². The van der Waals surface area contributed by atoms with E-state index in [0.717, 1.165) is 5.69 Å². The molecule has 8 nitrogen and oxygen atoms in total. The van der Waals surface area contributed by atoms with Crippen molar-refractivity contribution in [3.63, 3.8) is 0 Å². The van der Waals surface area contributed by atoms with Gasteiger partial charge in [0.15, 0.2) is 0 Å². The summed E-state index contributed by atoms with van der Waals surface area (Å²) in [5, 5.41) is 3.09. The Morgan fingerprint density at radius 1 is 1.00 bits per heavy atom. The molecule has 2 aromatic heterocycles. The molecule has 0 saturated heterocycles. The maximum Gasteiger partial charge on any atom is 0.243 e. The SMILES string of the molecule is NNc1nc(Nc2ccccc2)nc(-n2ccnc2)n1. The van der Waals surface area contributed by atoms with E-state index in [1.165, 1.54) is 0 Å². The van der Waals surface area contributed by atoms with Gasteiger partial charge in [0.05, 0.1) is 0 Å². The monoisotopic (exact) mass is 268 g/mol. The highest BCUT2D eigenvalue weighted by Crippen LogP contribution is 2.14. The molecule has 0 radical (unpaired) electrons. The minimum absolute atomic E-state index is 0.266. The van der Waals surface area contributed by atoms with E-state index >= 15 is 0 Å². The highest BCUT2D eigenvalue weighted by molar-refractivity contribution is 5.54. The summed E-state index contributed by atoms with van der Waals surface area (Å²) in [6.07, 6.45) is 4.98. The molecule has 0 atom stereocenters. The lowest BCUT2D eigenvalue weighted by molar-refractivity contribution is 0.898. The van der Waals surface area contributed by atoms with Crippen molar-refractivity contribution in [3.8, 4) is 5.95 Å². The number of hydrazine groups is 1. The molecule has 4 N–H and O–H groups in total. The molecule has 3 rings (SSSR count). The van der Waals surface area contributed by atoms with Crippen LogP contribution in [0.5, 0.6) is 0 Å². The van der Waals surface area contributed by atoms with Crippen molar-refractivity contribution in [3.05, 3.63) is 49.1 Å². The second-order valence-corrected chi connectivity index (χ2v) is 3.89. The second kappa shape index (κ2) is 5.33. The number of nitrogen functional groups attached to an aromatic ring is 1. The van der Waals surface area contributed by atoms with Crippen molar-refractivity contribution >= 4 is 17.6 Å². The van der Waals surface area contributed by atoms with Crippen LogP contribution in [0.25, 0.3) is 5.95 Å². The summed E-state index contributed by atoms with van der Waals surface area (Å²) in [4.78, 5) is 16.6. The predicted octanol–water partition coefficient (Wildman–Crippen LogP) is 1.09. The van der Waals surface area contributed by atoms with Crippen molar-refractivity contribution in [2.75, 3.05) is 10.7 Å². The summed E-state index contributed by atoms with van der Waals surface area (Å²) >= 11 is 0. The first-order valence-corrected chi connectivity index (χ1v) is 5.88. The smallest absolute Gasteiger partial charge is 0.243 e. The van der Waals surface area contributed by atoms with Gasteiger partial charge in [0, 0.05) is 18.1 Å². The molecule has 0 spiro atoms. The maximum atomic E-state index is 5.38. The summed E-state index contributed by atoms with van der Waals surface area (Å²) < 4.78 is 1.67. The third-order valence-corrected chi connectivity index (χ3v) is 2.52. The predicted molar refractivity (Wildman–Crippen MR) is 74.5 cm³/mol. The van der Waals surface area contributed by atoms with Crippen LogP contribution in [-0.4, -0.2) is 24.5 Å². The van der Waals surface area contributed by atoms with Crippen LogP contribution in [0.1, 0.15) is 0 Å². The third-order valence-electron chi connectivity index (χ3n) is 2.52. The molecule has 2 heterocycles. The zero-order chi connectivity index (χ0) is 13.8. The van der Waals surface area contributed by atoms with Gasteiger partial charge in [-0.3, -0.25) is 9.99 Å². The number of para-hydroxylation sites is 1. The number of benzene rings is 1. The van der Waals surface area contributed by atoms with E-state index in [1.54, 1.807) is 23.3 Å². The van der Waals surface area contributed by atoms with Gasteiger partial charge in [-0.25, -0.2) is 10.8 Å². The van der Waals surface area contributed by atoms with Crippen molar-refractivity contribution in [2.45, 2.75) is 0 Å². The van der Waals surface area contributed by atoms with Crippen molar-refractivity contribution < 1.29 is 0 Å². The molecule has 20 heavy (non-hydrogen) atoms. The summed E-state index contributed by atoms with van der Waals surface area (Å²) in [5.74, 6) is 6.46. The summed E-state index contributed by atoms with van der Waals surface area (Å²) in [7, 11) is 0. The first-order valence-electron chi connectivity index (χ1n) is 5.88. The second-order valence-electron chi connectivity index (χ2n) is 3.89. The number of aromatic nitrogens is 5. The van der Waals surface area contributed by atoms with Crippen LogP contribution in [0.3, 0.4) is 0 Å². The zero-order valence-electron chi connectivity index (χ0n) is 10.4. The molecule has 1 aromatic carbocycles. The molecule has 3 aromatic rings. The van der Waals surface area contributed by atoms with Crippen LogP contribution < -0.4 is 16.6 Å². The molecule has 0 bridgehead atoms. The van der Waals surface area contributed by atoms with Crippen LogP contribution in [0, 0.1) is 0 Å². The van der Waals surface area contributed by atoms with E-state index in [2.05, 4.69) is 30.7 Å². The summed E-state index contributed by atoms with van der Waals surface area (Å²) in [6, 6.07) is 9.60. The minimum Gasteiger partial charge on any atom is -0.324 e. The summed E-state index contributed by atoms with van der Waals surface area (Å²) in [6.45, 7) is 0. The number of imidazole rings is 1. The Morgan fingerprint density at radius 2 is 1.80 bits per heavy atom. The fourth-order valence-corrected chi connectivity index (χ4v) is 1.63. The highest BCUT2D eigenvalue weighted by atomic mass is 15.4. The van der Waals surface area contributed by atoms with E-state index in [0.29, 0.717) is 11.9 Å². The number of rotatable bonds is 4. The Kier molecular flexibility index (Phi) is 3.21. The van der Waals surface area contributed by atoms with Crippen molar-refractivity contribution in [2.24, 2.45) is 5.84 Å². The molecule has 0 saturated carbocycles.